The van der Waals surface area contributed by atoms with E-state index in [-0.39, 0.29) is 11.8 Å². The highest BCUT2D eigenvalue weighted by Crippen LogP contribution is 2.29. The number of anilines is 3. The van der Waals surface area contributed by atoms with Crippen molar-refractivity contribution in [3.05, 3.63) is 60.7 Å². The molecule has 7 nitrogen and oxygen atoms in total. The molecule has 1 N–H and O–H groups in total. The average Bonchev–Trinajstić information content (AvgIpc) is 2.90. The van der Waals surface area contributed by atoms with Crippen molar-refractivity contribution in [3.8, 4) is 17.0 Å². The van der Waals surface area contributed by atoms with E-state index < -0.39 is 0 Å². The zero-order valence-corrected chi connectivity index (χ0v) is 20.2. The molecule has 0 bridgehead atoms. The van der Waals surface area contributed by atoms with Crippen molar-refractivity contribution in [2.45, 2.75) is 26.7 Å². The Morgan fingerprint density at radius 2 is 1.82 bits per heavy atom. The number of hydrogen-bond acceptors (Lipinski definition) is 6. The zero-order chi connectivity index (χ0) is 23.9. The molecular formula is C27H33N5O2. The third-order valence-corrected chi connectivity index (χ3v) is 6.41. The van der Waals surface area contributed by atoms with Gasteiger partial charge in [-0.3, -0.25) is 4.79 Å². The molecule has 1 saturated heterocycles. The van der Waals surface area contributed by atoms with E-state index in [2.05, 4.69) is 51.3 Å². The lowest BCUT2D eigenvalue weighted by Gasteiger charge is -2.32. The van der Waals surface area contributed by atoms with Gasteiger partial charge in [0.1, 0.15) is 5.75 Å². The molecule has 1 aromatic heterocycles. The standard InChI is InChI=1S/C27H33N5O2/c1-4-31(5-2)22-14-12-21(13-15-22)28-27(33)20-9-8-18-32(19-20)26-17-16-24(29-30-26)23-10-6-7-11-25(23)34-3/h6-7,10-17,20H,4-5,8-9,18-19H2,1-3H3,(H,28,33). The Kier molecular flexibility index (Phi) is 7.62. The fourth-order valence-electron chi connectivity index (χ4n) is 4.48. The molecule has 2 aromatic carbocycles. The summed E-state index contributed by atoms with van der Waals surface area (Å²) in [6.07, 6.45) is 1.81. The second-order valence-electron chi connectivity index (χ2n) is 8.47. The van der Waals surface area contributed by atoms with Crippen LogP contribution < -0.4 is 19.9 Å². The number of methoxy groups -OCH3 is 1. The van der Waals surface area contributed by atoms with Gasteiger partial charge in [0.15, 0.2) is 5.82 Å². The van der Waals surface area contributed by atoms with Gasteiger partial charge in [-0.05, 0) is 75.2 Å². The largest absolute Gasteiger partial charge is 0.496 e. The zero-order valence-electron chi connectivity index (χ0n) is 20.2. The number of nitrogens with zero attached hydrogens (tertiary/aromatic N) is 4. The molecule has 0 spiro atoms. The number of amides is 1. The number of piperidine rings is 1. The topological polar surface area (TPSA) is 70.6 Å². The van der Waals surface area contributed by atoms with E-state index in [0.717, 1.165) is 61.0 Å². The predicted octanol–water partition coefficient (Wildman–Crippen LogP) is 4.85. The molecule has 1 atom stereocenters. The van der Waals surface area contributed by atoms with Gasteiger partial charge in [0.2, 0.25) is 5.91 Å². The summed E-state index contributed by atoms with van der Waals surface area (Å²) in [5, 5.41) is 12.0. The lowest BCUT2D eigenvalue weighted by molar-refractivity contribution is -0.120. The molecule has 1 amide bonds. The average molecular weight is 460 g/mol. The first-order valence-electron chi connectivity index (χ1n) is 12.0. The number of nitrogens with one attached hydrogen (secondary N) is 1. The van der Waals surface area contributed by atoms with Crippen molar-refractivity contribution in [2.24, 2.45) is 5.92 Å². The summed E-state index contributed by atoms with van der Waals surface area (Å²) in [5.74, 6) is 1.52. The molecule has 34 heavy (non-hydrogen) atoms. The highest BCUT2D eigenvalue weighted by Gasteiger charge is 2.27. The molecule has 0 saturated carbocycles. The minimum Gasteiger partial charge on any atom is -0.496 e. The lowest BCUT2D eigenvalue weighted by Crippen LogP contribution is -2.41. The number of carbonyl (C=O) groups is 1. The first-order chi connectivity index (χ1) is 16.6. The summed E-state index contributed by atoms with van der Waals surface area (Å²) in [7, 11) is 1.65. The number of ether oxygens (including phenoxy) is 1. The number of hydrogen-bond donors (Lipinski definition) is 1. The van der Waals surface area contributed by atoms with Gasteiger partial charge in [-0.1, -0.05) is 12.1 Å². The number of para-hydroxylation sites is 1. The number of aromatic nitrogens is 2. The highest BCUT2D eigenvalue weighted by molar-refractivity contribution is 5.93. The van der Waals surface area contributed by atoms with Crippen molar-refractivity contribution >= 4 is 23.1 Å². The summed E-state index contributed by atoms with van der Waals surface area (Å²) in [6, 6.07) is 19.8. The molecule has 1 aliphatic rings. The molecule has 1 unspecified atom stereocenters. The Balaban J connectivity index is 1.39. The monoisotopic (exact) mass is 459 g/mol. The minimum absolute atomic E-state index is 0.0545. The van der Waals surface area contributed by atoms with E-state index in [1.54, 1.807) is 7.11 Å². The molecule has 1 fully saturated rings. The number of rotatable bonds is 8. The van der Waals surface area contributed by atoms with Crippen LogP contribution in [0.5, 0.6) is 5.75 Å². The molecule has 2 heterocycles. The van der Waals surface area contributed by atoms with Crippen LogP contribution in [0, 0.1) is 5.92 Å². The van der Waals surface area contributed by atoms with Crippen LogP contribution in [-0.4, -0.2) is 49.4 Å². The van der Waals surface area contributed by atoms with Crippen LogP contribution in [-0.2, 0) is 4.79 Å². The predicted molar refractivity (Wildman–Crippen MR) is 138 cm³/mol. The van der Waals surface area contributed by atoms with Crippen LogP contribution in [0.3, 0.4) is 0 Å². The van der Waals surface area contributed by atoms with E-state index in [1.165, 1.54) is 5.69 Å². The van der Waals surface area contributed by atoms with Gasteiger partial charge in [-0.25, -0.2) is 0 Å². The maximum Gasteiger partial charge on any atom is 0.229 e. The molecule has 3 aromatic rings. The molecular weight excluding hydrogens is 426 g/mol. The van der Waals surface area contributed by atoms with Gasteiger partial charge >= 0.3 is 0 Å². The summed E-state index contributed by atoms with van der Waals surface area (Å²) in [5.41, 5.74) is 3.67. The van der Waals surface area contributed by atoms with Crippen molar-refractivity contribution < 1.29 is 9.53 Å². The smallest absolute Gasteiger partial charge is 0.229 e. The fourth-order valence-corrected chi connectivity index (χ4v) is 4.48. The third-order valence-electron chi connectivity index (χ3n) is 6.41. The van der Waals surface area contributed by atoms with E-state index >= 15 is 0 Å². The summed E-state index contributed by atoms with van der Waals surface area (Å²) < 4.78 is 5.44. The van der Waals surface area contributed by atoms with Gasteiger partial charge in [0, 0.05) is 43.1 Å². The van der Waals surface area contributed by atoms with Crippen LogP contribution >= 0.6 is 0 Å². The molecule has 0 radical (unpaired) electrons. The van der Waals surface area contributed by atoms with Crippen LogP contribution in [0.1, 0.15) is 26.7 Å². The normalized spacial score (nSPS) is 15.6. The molecule has 4 rings (SSSR count). The Morgan fingerprint density at radius 1 is 1.06 bits per heavy atom. The van der Waals surface area contributed by atoms with Crippen LogP contribution in [0.15, 0.2) is 60.7 Å². The van der Waals surface area contributed by atoms with Crippen molar-refractivity contribution in [1.82, 2.24) is 10.2 Å². The second-order valence-corrected chi connectivity index (χ2v) is 8.47. The second kappa shape index (κ2) is 11.0. The van der Waals surface area contributed by atoms with Crippen LogP contribution in [0.4, 0.5) is 17.2 Å². The van der Waals surface area contributed by atoms with E-state index in [4.69, 9.17) is 4.74 Å². The molecule has 178 valence electrons. The Bertz CT molecular complexity index is 1080. The van der Waals surface area contributed by atoms with Crippen molar-refractivity contribution in [1.29, 1.82) is 0 Å². The molecule has 0 aliphatic carbocycles. The first-order valence-corrected chi connectivity index (χ1v) is 12.0. The Hall–Kier alpha value is -3.61. The minimum atomic E-state index is -0.0908. The lowest BCUT2D eigenvalue weighted by atomic mass is 9.97. The number of benzene rings is 2. The summed E-state index contributed by atoms with van der Waals surface area (Å²) in [6.45, 7) is 7.71. The van der Waals surface area contributed by atoms with Gasteiger partial charge in [-0.2, -0.15) is 0 Å². The SMILES string of the molecule is CCN(CC)c1ccc(NC(=O)C2CCCN(c3ccc(-c4ccccc4OC)nn3)C2)cc1. The first kappa shape index (κ1) is 23.5. The number of carbonyl (C=O) groups excluding carboxylic acids is 1. The van der Waals surface area contributed by atoms with E-state index in [0.29, 0.717) is 6.54 Å². The maximum absolute atomic E-state index is 13.0. The van der Waals surface area contributed by atoms with Gasteiger partial charge in [0.25, 0.3) is 0 Å². The Morgan fingerprint density at radius 3 is 2.50 bits per heavy atom. The van der Waals surface area contributed by atoms with Crippen molar-refractivity contribution in [2.75, 3.05) is 48.4 Å². The maximum atomic E-state index is 13.0. The molecule has 7 heteroatoms. The van der Waals surface area contributed by atoms with Crippen LogP contribution in [0.2, 0.25) is 0 Å². The summed E-state index contributed by atoms with van der Waals surface area (Å²) in [4.78, 5) is 17.4. The van der Waals surface area contributed by atoms with Crippen LogP contribution in [0.25, 0.3) is 11.3 Å². The van der Waals surface area contributed by atoms with E-state index in [1.807, 2.05) is 48.5 Å². The molecule has 1 aliphatic heterocycles. The van der Waals surface area contributed by atoms with E-state index in [9.17, 15) is 4.79 Å². The third kappa shape index (κ3) is 5.30. The highest BCUT2D eigenvalue weighted by atomic mass is 16.5. The van der Waals surface area contributed by atoms with Gasteiger partial charge in [0.05, 0.1) is 18.7 Å². The van der Waals surface area contributed by atoms with Gasteiger partial charge < -0.3 is 19.9 Å². The summed E-state index contributed by atoms with van der Waals surface area (Å²) >= 11 is 0. The van der Waals surface area contributed by atoms with Gasteiger partial charge in [-0.15, -0.1) is 10.2 Å². The fraction of sp³-hybridized carbons (Fsp3) is 0.370. The quantitative estimate of drug-likeness (QED) is 0.519. The Labute approximate surface area is 201 Å². The van der Waals surface area contributed by atoms with Crippen molar-refractivity contribution in [3.63, 3.8) is 0 Å².